The van der Waals surface area contributed by atoms with E-state index in [2.05, 4.69) is 10.3 Å². The average molecular weight is 328 g/mol. The summed E-state index contributed by atoms with van der Waals surface area (Å²) in [5.41, 5.74) is 0. The van der Waals surface area contributed by atoms with Crippen molar-refractivity contribution in [3.05, 3.63) is 30.1 Å². The SMILES string of the molecule is CN1CCCN=C1NCCN(C)S(=O)(=O)c1ccc(F)cc1. The van der Waals surface area contributed by atoms with E-state index in [1.54, 1.807) is 0 Å². The van der Waals surface area contributed by atoms with Crippen LogP contribution in [0.3, 0.4) is 0 Å². The fourth-order valence-corrected chi connectivity index (χ4v) is 3.31. The number of sulfonamides is 1. The number of hydrogen-bond acceptors (Lipinski definition) is 5. The van der Waals surface area contributed by atoms with Gasteiger partial charge in [-0.15, -0.1) is 0 Å². The largest absolute Gasteiger partial charge is 0.355 e. The van der Waals surface area contributed by atoms with E-state index in [9.17, 15) is 12.8 Å². The maximum atomic E-state index is 12.9. The highest BCUT2D eigenvalue weighted by atomic mass is 32.2. The first-order valence-electron chi connectivity index (χ1n) is 7.12. The van der Waals surface area contributed by atoms with Crippen LogP contribution in [0.5, 0.6) is 0 Å². The van der Waals surface area contributed by atoms with Crippen molar-refractivity contribution in [3.8, 4) is 0 Å². The van der Waals surface area contributed by atoms with Crippen LogP contribution < -0.4 is 5.32 Å². The van der Waals surface area contributed by atoms with Crippen molar-refractivity contribution in [1.82, 2.24) is 14.5 Å². The second-order valence-electron chi connectivity index (χ2n) is 5.19. The van der Waals surface area contributed by atoms with Crippen LogP contribution in [-0.2, 0) is 10.0 Å². The lowest BCUT2D eigenvalue weighted by Gasteiger charge is -2.26. The van der Waals surface area contributed by atoms with E-state index in [1.165, 1.54) is 23.5 Å². The molecule has 0 fully saturated rings. The zero-order chi connectivity index (χ0) is 16.2. The number of benzene rings is 1. The molecule has 122 valence electrons. The Morgan fingerprint density at radius 1 is 1.36 bits per heavy atom. The molecule has 6 nitrogen and oxygen atoms in total. The van der Waals surface area contributed by atoms with Crippen molar-refractivity contribution >= 4 is 16.0 Å². The number of halogens is 1. The summed E-state index contributed by atoms with van der Waals surface area (Å²) >= 11 is 0. The molecule has 0 spiro atoms. The number of likely N-dealkylation sites (N-methyl/N-ethyl adjacent to an activating group) is 1. The Morgan fingerprint density at radius 3 is 2.68 bits per heavy atom. The molecule has 0 radical (unpaired) electrons. The van der Waals surface area contributed by atoms with E-state index < -0.39 is 15.8 Å². The molecule has 8 heteroatoms. The molecule has 0 amide bonds. The quantitative estimate of drug-likeness (QED) is 0.865. The number of guanidine groups is 1. The van der Waals surface area contributed by atoms with E-state index in [-0.39, 0.29) is 4.90 Å². The Labute approximate surface area is 130 Å². The molecule has 0 aromatic heterocycles. The third-order valence-corrected chi connectivity index (χ3v) is 5.38. The first-order chi connectivity index (χ1) is 10.4. The Morgan fingerprint density at radius 2 is 2.05 bits per heavy atom. The molecule has 0 saturated heterocycles. The normalized spacial score (nSPS) is 15.8. The van der Waals surface area contributed by atoms with Gasteiger partial charge in [0, 0.05) is 40.3 Å². The lowest BCUT2D eigenvalue weighted by Crippen LogP contribution is -2.45. The predicted molar refractivity (Wildman–Crippen MR) is 83.8 cm³/mol. The summed E-state index contributed by atoms with van der Waals surface area (Å²) in [5, 5.41) is 3.14. The van der Waals surface area contributed by atoms with Gasteiger partial charge in [0.1, 0.15) is 5.82 Å². The summed E-state index contributed by atoms with van der Waals surface area (Å²) in [6, 6.07) is 4.83. The molecule has 1 aromatic carbocycles. The topological polar surface area (TPSA) is 65.0 Å². The van der Waals surface area contributed by atoms with Crippen LogP contribution in [0, 0.1) is 5.82 Å². The molecule has 1 aliphatic heterocycles. The summed E-state index contributed by atoms with van der Waals surface area (Å²) in [6.45, 7) is 2.48. The second-order valence-corrected chi connectivity index (χ2v) is 7.23. The standard InChI is InChI=1S/C14H21FN4O2S/c1-18-10-3-8-16-14(18)17-9-11-19(2)22(20,21)13-6-4-12(15)5-7-13/h4-7H,3,8-11H2,1-2H3,(H,16,17). The fourth-order valence-electron chi connectivity index (χ4n) is 2.14. The van der Waals surface area contributed by atoms with Crippen LogP contribution in [0.1, 0.15) is 6.42 Å². The Kier molecular flexibility index (Phi) is 5.36. The van der Waals surface area contributed by atoms with Crippen molar-refractivity contribution in [2.75, 3.05) is 40.3 Å². The molecule has 0 unspecified atom stereocenters. The summed E-state index contributed by atoms with van der Waals surface area (Å²) in [5.74, 6) is 0.334. The van der Waals surface area contributed by atoms with Crippen molar-refractivity contribution in [3.63, 3.8) is 0 Å². The maximum absolute atomic E-state index is 12.9. The van der Waals surface area contributed by atoms with Gasteiger partial charge in [-0.2, -0.15) is 4.31 Å². The number of hydrogen-bond donors (Lipinski definition) is 1. The minimum Gasteiger partial charge on any atom is -0.355 e. The minimum atomic E-state index is -3.60. The minimum absolute atomic E-state index is 0.0866. The molecule has 1 aromatic rings. The number of nitrogens with zero attached hydrogens (tertiary/aromatic N) is 3. The maximum Gasteiger partial charge on any atom is 0.242 e. The molecule has 2 rings (SSSR count). The zero-order valence-corrected chi connectivity index (χ0v) is 13.6. The average Bonchev–Trinajstić information content (AvgIpc) is 2.49. The van der Waals surface area contributed by atoms with Crippen molar-refractivity contribution in [1.29, 1.82) is 0 Å². The molecule has 1 N–H and O–H groups in total. The van der Waals surface area contributed by atoms with Gasteiger partial charge < -0.3 is 10.2 Å². The molecular weight excluding hydrogens is 307 g/mol. The van der Waals surface area contributed by atoms with Gasteiger partial charge in [0.15, 0.2) is 5.96 Å². The van der Waals surface area contributed by atoms with E-state index in [4.69, 9.17) is 0 Å². The number of aliphatic imine (C=N–C) groups is 1. The summed E-state index contributed by atoms with van der Waals surface area (Å²) in [4.78, 5) is 6.46. The lowest BCUT2D eigenvalue weighted by atomic mass is 10.3. The Bertz CT molecular complexity index is 631. The molecule has 22 heavy (non-hydrogen) atoms. The summed E-state index contributed by atoms with van der Waals surface area (Å²) in [6.07, 6.45) is 1.03. The van der Waals surface area contributed by atoms with Gasteiger partial charge in [0.25, 0.3) is 0 Å². The molecule has 1 heterocycles. The van der Waals surface area contributed by atoms with E-state index in [0.717, 1.165) is 37.6 Å². The van der Waals surface area contributed by atoms with Crippen LogP contribution >= 0.6 is 0 Å². The first-order valence-corrected chi connectivity index (χ1v) is 8.56. The van der Waals surface area contributed by atoms with Crippen LogP contribution in [-0.4, -0.2) is 63.9 Å². The molecular formula is C14H21FN4O2S. The Hall–Kier alpha value is -1.67. The monoisotopic (exact) mass is 328 g/mol. The fraction of sp³-hybridized carbons (Fsp3) is 0.500. The molecule has 0 saturated carbocycles. The van der Waals surface area contributed by atoms with Crippen LogP contribution in [0.25, 0.3) is 0 Å². The first kappa shape index (κ1) is 16.7. The van der Waals surface area contributed by atoms with Gasteiger partial charge in [-0.05, 0) is 30.7 Å². The van der Waals surface area contributed by atoms with Gasteiger partial charge in [0.05, 0.1) is 4.90 Å². The zero-order valence-electron chi connectivity index (χ0n) is 12.8. The molecule has 1 aliphatic rings. The van der Waals surface area contributed by atoms with Crippen molar-refractivity contribution in [2.24, 2.45) is 4.99 Å². The van der Waals surface area contributed by atoms with Crippen molar-refractivity contribution < 1.29 is 12.8 Å². The van der Waals surface area contributed by atoms with Gasteiger partial charge >= 0.3 is 0 Å². The summed E-state index contributed by atoms with van der Waals surface area (Å²) in [7, 11) is -0.144. The van der Waals surface area contributed by atoms with E-state index in [1.807, 2.05) is 11.9 Å². The van der Waals surface area contributed by atoms with Crippen LogP contribution in [0.15, 0.2) is 34.2 Å². The van der Waals surface area contributed by atoms with E-state index >= 15 is 0 Å². The predicted octanol–water partition coefficient (Wildman–Crippen LogP) is 0.727. The summed E-state index contributed by atoms with van der Waals surface area (Å²) < 4.78 is 38.8. The van der Waals surface area contributed by atoms with Crippen molar-refractivity contribution in [2.45, 2.75) is 11.3 Å². The lowest BCUT2D eigenvalue weighted by molar-refractivity contribution is 0.433. The number of rotatable bonds is 5. The highest BCUT2D eigenvalue weighted by Gasteiger charge is 2.20. The third kappa shape index (κ3) is 3.95. The smallest absolute Gasteiger partial charge is 0.242 e. The molecule has 0 atom stereocenters. The molecule has 0 aliphatic carbocycles. The highest BCUT2D eigenvalue weighted by Crippen LogP contribution is 2.14. The van der Waals surface area contributed by atoms with Crippen LogP contribution in [0.2, 0.25) is 0 Å². The van der Waals surface area contributed by atoms with Crippen LogP contribution in [0.4, 0.5) is 4.39 Å². The van der Waals surface area contributed by atoms with Gasteiger partial charge in [-0.1, -0.05) is 0 Å². The number of nitrogens with one attached hydrogen (secondary N) is 1. The third-order valence-electron chi connectivity index (χ3n) is 3.51. The second kappa shape index (κ2) is 7.06. The van der Waals surface area contributed by atoms with Gasteiger partial charge in [-0.25, -0.2) is 12.8 Å². The van der Waals surface area contributed by atoms with Gasteiger partial charge in [-0.3, -0.25) is 4.99 Å². The Balaban J connectivity index is 1.92. The van der Waals surface area contributed by atoms with Gasteiger partial charge in [0.2, 0.25) is 10.0 Å². The van der Waals surface area contributed by atoms with E-state index in [0.29, 0.717) is 13.1 Å². The highest BCUT2D eigenvalue weighted by molar-refractivity contribution is 7.89. The molecule has 0 bridgehead atoms.